The molecule has 0 spiro atoms. The summed E-state index contributed by atoms with van der Waals surface area (Å²) in [5.41, 5.74) is 2.85. The Morgan fingerprint density at radius 2 is 2.07 bits per heavy atom. The van der Waals surface area contributed by atoms with Crippen LogP contribution in [0.3, 0.4) is 0 Å². The molecule has 1 unspecified atom stereocenters. The molecule has 0 amide bonds. The maximum absolute atomic E-state index is 12.9. The van der Waals surface area contributed by atoms with Crippen LogP contribution in [-0.2, 0) is 0 Å². The molecule has 140 valence electrons. The lowest BCUT2D eigenvalue weighted by Gasteiger charge is -2.33. The van der Waals surface area contributed by atoms with Crippen LogP contribution >= 0.6 is 11.6 Å². The van der Waals surface area contributed by atoms with Crippen LogP contribution in [0.4, 0.5) is 0 Å². The third-order valence-corrected chi connectivity index (χ3v) is 5.82. The van der Waals surface area contributed by atoms with Gasteiger partial charge in [-0.2, -0.15) is 0 Å². The Hall–Kier alpha value is -2.47. The molecule has 7 heteroatoms. The first-order valence-corrected chi connectivity index (χ1v) is 9.46. The number of hydrogen-bond donors (Lipinski definition) is 0. The van der Waals surface area contributed by atoms with Gasteiger partial charge in [-0.3, -0.25) is 9.36 Å². The standard InChI is InChI=1S/C20H21ClN4O2/c1-11-20(26)25(12(2)13-5-4-6-13)19-18(24-11)17(22-10-23-19)15-8-7-14(27-3)9-16(15)21/h7-10,12-13H,4-6H2,1-3H3. The van der Waals surface area contributed by atoms with Gasteiger partial charge in [-0.25, -0.2) is 15.0 Å². The Kier molecular flexibility index (Phi) is 4.60. The van der Waals surface area contributed by atoms with Crippen molar-refractivity contribution in [2.75, 3.05) is 7.11 Å². The van der Waals surface area contributed by atoms with Crippen molar-refractivity contribution in [3.63, 3.8) is 0 Å². The van der Waals surface area contributed by atoms with Crippen molar-refractivity contribution in [1.29, 1.82) is 0 Å². The molecule has 1 aliphatic rings. The van der Waals surface area contributed by atoms with E-state index in [4.69, 9.17) is 16.3 Å². The lowest BCUT2D eigenvalue weighted by atomic mass is 9.80. The maximum Gasteiger partial charge on any atom is 0.273 e. The Morgan fingerprint density at radius 3 is 2.70 bits per heavy atom. The van der Waals surface area contributed by atoms with Gasteiger partial charge < -0.3 is 4.74 Å². The van der Waals surface area contributed by atoms with Crippen LogP contribution in [-0.4, -0.2) is 26.6 Å². The molecule has 0 aliphatic heterocycles. The Balaban J connectivity index is 1.96. The number of fused-ring (bicyclic) bond motifs is 1. The fraction of sp³-hybridized carbons (Fsp3) is 0.400. The van der Waals surface area contributed by atoms with Gasteiger partial charge in [-0.1, -0.05) is 18.0 Å². The van der Waals surface area contributed by atoms with Gasteiger partial charge in [0, 0.05) is 11.6 Å². The number of ether oxygens (including phenoxy) is 1. The summed E-state index contributed by atoms with van der Waals surface area (Å²) < 4.78 is 7.01. The van der Waals surface area contributed by atoms with E-state index in [2.05, 4.69) is 21.9 Å². The van der Waals surface area contributed by atoms with E-state index in [1.165, 1.54) is 12.7 Å². The molecule has 2 aromatic heterocycles. The summed E-state index contributed by atoms with van der Waals surface area (Å²) in [6, 6.07) is 5.49. The summed E-state index contributed by atoms with van der Waals surface area (Å²) in [4.78, 5) is 26.2. The predicted molar refractivity (Wildman–Crippen MR) is 105 cm³/mol. The fourth-order valence-electron chi connectivity index (χ4n) is 3.66. The Labute approximate surface area is 162 Å². The van der Waals surface area contributed by atoms with Gasteiger partial charge in [0.1, 0.15) is 29.0 Å². The highest BCUT2D eigenvalue weighted by Crippen LogP contribution is 2.37. The average molecular weight is 385 g/mol. The smallest absolute Gasteiger partial charge is 0.273 e. The monoisotopic (exact) mass is 384 g/mol. The normalized spacial score (nSPS) is 15.6. The zero-order valence-electron chi connectivity index (χ0n) is 15.6. The SMILES string of the molecule is COc1ccc(-c2ncnc3c2nc(C)c(=O)n3C(C)C2CCC2)c(Cl)c1. The molecule has 0 saturated heterocycles. The zero-order chi connectivity index (χ0) is 19.1. The van der Waals surface area contributed by atoms with Crippen LogP contribution < -0.4 is 10.3 Å². The molecular weight excluding hydrogens is 364 g/mol. The summed E-state index contributed by atoms with van der Waals surface area (Å²) in [5, 5.41) is 0.513. The van der Waals surface area contributed by atoms with Crippen LogP contribution in [0.15, 0.2) is 29.3 Å². The van der Waals surface area contributed by atoms with E-state index in [-0.39, 0.29) is 11.6 Å². The number of hydrogen-bond acceptors (Lipinski definition) is 5. The van der Waals surface area contributed by atoms with E-state index in [1.807, 2.05) is 12.1 Å². The second-order valence-corrected chi connectivity index (χ2v) is 7.45. The highest BCUT2D eigenvalue weighted by atomic mass is 35.5. The van der Waals surface area contributed by atoms with Crippen molar-refractivity contribution >= 4 is 22.8 Å². The first-order chi connectivity index (χ1) is 13.0. The maximum atomic E-state index is 12.9. The molecule has 0 bridgehead atoms. The molecule has 2 heterocycles. The average Bonchev–Trinajstić information content (AvgIpc) is 2.61. The molecule has 1 aliphatic carbocycles. The summed E-state index contributed by atoms with van der Waals surface area (Å²) in [7, 11) is 1.59. The summed E-state index contributed by atoms with van der Waals surface area (Å²) >= 11 is 6.46. The van der Waals surface area contributed by atoms with Crippen LogP contribution in [0.2, 0.25) is 5.02 Å². The van der Waals surface area contributed by atoms with E-state index >= 15 is 0 Å². The molecule has 1 fully saturated rings. The largest absolute Gasteiger partial charge is 0.497 e. The number of aromatic nitrogens is 4. The van der Waals surface area contributed by atoms with Gasteiger partial charge in [0.25, 0.3) is 5.56 Å². The summed E-state index contributed by atoms with van der Waals surface area (Å²) in [5.74, 6) is 1.16. The van der Waals surface area contributed by atoms with Crippen molar-refractivity contribution in [3.8, 4) is 17.0 Å². The molecular formula is C20H21ClN4O2. The van der Waals surface area contributed by atoms with Crippen LogP contribution in [0, 0.1) is 12.8 Å². The predicted octanol–water partition coefficient (Wildman–Crippen LogP) is 4.19. The molecule has 0 radical (unpaired) electrons. The van der Waals surface area contributed by atoms with Crippen LogP contribution in [0.1, 0.15) is 37.9 Å². The van der Waals surface area contributed by atoms with Crippen molar-refractivity contribution in [2.24, 2.45) is 5.92 Å². The Bertz CT molecular complexity index is 1080. The topological polar surface area (TPSA) is 69.9 Å². The molecule has 1 aromatic carbocycles. The third-order valence-electron chi connectivity index (χ3n) is 5.51. The van der Waals surface area contributed by atoms with Crippen molar-refractivity contribution in [1.82, 2.24) is 19.5 Å². The van der Waals surface area contributed by atoms with Crippen LogP contribution in [0.5, 0.6) is 5.75 Å². The van der Waals surface area contributed by atoms with Crippen LogP contribution in [0.25, 0.3) is 22.4 Å². The van der Waals surface area contributed by atoms with Crippen molar-refractivity contribution in [2.45, 2.75) is 39.2 Å². The first-order valence-electron chi connectivity index (χ1n) is 9.09. The molecule has 6 nitrogen and oxygen atoms in total. The number of aryl methyl sites for hydroxylation is 1. The molecule has 0 N–H and O–H groups in total. The first kappa shape index (κ1) is 17.9. The van der Waals surface area contributed by atoms with Gasteiger partial charge in [0.2, 0.25) is 0 Å². The molecule has 4 rings (SSSR count). The zero-order valence-corrected chi connectivity index (χ0v) is 16.3. The minimum atomic E-state index is -0.0904. The third kappa shape index (κ3) is 2.98. The second kappa shape index (κ2) is 6.93. The molecule has 3 aromatic rings. The minimum Gasteiger partial charge on any atom is -0.497 e. The molecule has 27 heavy (non-hydrogen) atoms. The lowest BCUT2D eigenvalue weighted by molar-refractivity contribution is 0.222. The highest BCUT2D eigenvalue weighted by Gasteiger charge is 2.28. The number of nitrogens with zero attached hydrogens (tertiary/aromatic N) is 4. The van der Waals surface area contributed by atoms with E-state index < -0.39 is 0 Å². The number of benzene rings is 1. The van der Waals surface area contributed by atoms with Gasteiger partial charge in [-0.05, 0) is 50.8 Å². The molecule has 1 saturated carbocycles. The van der Waals surface area contributed by atoms with E-state index in [1.54, 1.807) is 24.7 Å². The minimum absolute atomic E-state index is 0.0736. The summed E-state index contributed by atoms with van der Waals surface area (Å²) in [6.45, 7) is 3.82. The number of halogens is 1. The Morgan fingerprint density at radius 1 is 1.30 bits per heavy atom. The highest BCUT2D eigenvalue weighted by molar-refractivity contribution is 6.33. The van der Waals surface area contributed by atoms with E-state index in [9.17, 15) is 4.79 Å². The number of methoxy groups -OCH3 is 1. The van der Waals surface area contributed by atoms with Gasteiger partial charge in [0.05, 0.1) is 12.1 Å². The summed E-state index contributed by atoms with van der Waals surface area (Å²) in [6.07, 6.45) is 4.96. The van der Waals surface area contributed by atoms with E-state index in [0.717, 1.165) is 18.4 Å². The molecule has 1 atom stereocenters. The fourth-order valence-corrected chi connectivity index (χ4v) is 3.92. The van der Waals surface area contributed by atoms with Gasteiger partial charge >= 0.3 is 0 Å². The second-order valence-electron chi connectivity index (χ2n) is 7.04. The number of rotatable bonds is 4. The van der Waals surface area contributed by atoms with E-state index in [0.29, 0.717) is 39.2 Å². The van der Waals surface area contributed by atoms with Crippen molar-refractivity contribution in [3.05, 3.63) is 45.6 Å². The van der Waals surface area contributed by atoms with Gasteiger partial charge in [0.15, 0.2) is 5.65 Å². The van der Waals surface area contributed by atoms with Gasteiger partial charge in [-0.15, -0.1) is 0 Å². The lowest BCUT2D eigenvalue weighted by Crippen LogP contribution is -2.33. The quantitative estimate of drug-likeness (QED) is 0.674. The van der Waals surface area contributed by atoms with Crippen molar-refractivity contribution < 1.29 is 4.74 Å².